The molecule has 0 saturated carbocycles. The average molecular weight is 156 g/mol. The summed E-state index contributed by atoms with van der Waals surface area (Å²) in [7, 11) is 0. The first-order chi connectivity index (χ1) is 4.70. The Hall–Kier alpha value is -0.870. The van der Waals surface area contributed by atoms with Gasteiger partial charge >= 0.3 is 0 Å². The maximum absolute atomic E-state index is 10.3. The van der Waals surface area contributed by atoms with Gasteiger partial charge < -0.3 is 10.3 Å². The van der Waals surface area contributed by atoms with Crippen molar-refractivity contribution in [2.75, 3.05) is 5.73 Å². The second-order valence-electron chi connectivity index (χ2n) is 1.80. The van der Waals surface area contributed by atoms with E-state index < -0.39 is 11.1 Å². The van der Waals surface area contributed by atoms with Crippen LogP contribution < -0.4 is 5.73 Å². The van der Waals surface area contributed by atoms with Crippen LogP contribution in [-0.4, -0.2) is 8.76 Å². The zero-order valence-electron chi connectivity index (χ0n) is 5.11. The Balaban J connectivity index is 3.00. The van der Waals surface area contributed by atoms with Gasteiger partial charge in [0, 0.05) is 10.6 Å². The molecule has 0 amide bonds. The number of rotatable bonds is 1. The van der Waals surface area contributed by atoms with Crippen LogP contribution in [0.2, 0.25) is 0 Å². The van der Waals surface area contributed by atoms with Gasteiger partial charge in [-0.2, -0.15) is 0 Å². The lowest BCUT2D eigenvalue weighted by molar-refractivity contribution is 0.537. The van der Waals surface area contributed by atoms with Crippen LogP contribution in [0.5, 0.6) is 0 Å². The molecule has 0 aliphatic rings. The van der Waals surface area contributed by atoms with Crippen molar-refractivity contribution >= 4 is 16.8 Å². The zero-order valence-corrected chi connectivity index (χ0v) is 5.93. The molecular formula is C6H6NO2S-. The van der Waals surface area contributed by atoms with E-state index in [0.717, 1.165) is 0 Å². The number of anilines is 1. The fraction of sp³-hybridized carbons (Fsp3) is 0. The smallest absolute Gasteiger partial charge is 0.0314 e. The van der Waals surface area contributed by atoms with E-state index in [2.05, 4.69) is 0 Å². The summed E-state index contributed by atoms with van der Waals surface area (Å²) in [6.07, 6.45) is 0. The molecule has 3 nitrogen and oxygen atoms in total. The largest absolute Gasteiger partial charge is 0.768 e. The number of benzene rings is 1. The van der Waals surface area contributed by atoms with Crippen LogP contribution in [0.25, 0.3) is 0 Å². The van der Waals surface area contributed by atoms with Gasteiger partial charge in [-0.1, -0.05) is 0 Å². The van der Waals surface area contributed by atoms with Gasteiger partial charge in [-0.15, -0.1) is 0 Å². The van der Waals surface area contributed by atoms with E-state index in [-0.39, 0.29) is 4.90 Å². The minimum absolute atomic E-state index is 0.259. The lowest BCUT2D eigenvalue weighted by Crippen LogP contribution is -1.89. The molecule has 0 spiro atoms. The van der Waals surface area contributed by atoms with Crippen LogP contribution >= 0.6 is 0 Å². The Kier molecular flexibility index (Phi) is 2.03. The first kappa shape index (κ1) is 7.24. The molecule has 0 aliphatic carbocycles. The minimum atomic E-state index is -2.14. The van der Waals surface area contributed by atoms with Crippen molar-refractivity contribution in [3.05, 3.63) is 24.3 Å². The summed E-state index contributed by atoms with van der Waals surface area (Å²) in [5, 5.41) is 0. The predicted molar refractivity (Wildman–Crippen MR) is 38.0 cm³/mol. The van der Waals surface area contributed by atoms with Crippen LogP contribution in [0.4, 0.5) is 5.69 Å². The van der Waals surface area contributed by atoms with Crippen LogP contribution in [0.15, 0.2) is 29.2 Å². The molecule has 1 aromatic rings. The van der Waals surface area contributed by atoms with Gasteiger partial charge in [0.1, 0.15) is 0 Å². The minimum Gasteiger partial charge on any atom is -0.768 e. The Morgan fingerprint density at radius 1 is 1.30 bits per heavy atom. The highest BCUT2D eigenvalue weighted by molar-refractivity contribution is 7.79. The third-order valence-corrected chi connectivity index (χ3v) is 1.73. The lowest BCUT2D eigenvalue weighted by atomic mass is 10.3. The van der Waals surface area contributed by atoms with Gasteiger partial charge in [0.2, 0.25) is 0 Å². The molecule has 1 rings (SSSR count). The molecular weight excluding hydrogens is 150 g/mol. The van der Waals surface area contributed by atoms with Gasteiger partial charge in [-0.25, -0.2) is 0 Å². The topological polar surface area (TPSA) is 66.2 Å². The van der Waals surface area contributed by atoms with Crippen molar-refractivity contribution < 1.29 is 8.76 Å². The molecule has 0 saturated heterocycles. The Labute approximate surface area is 61.1 Å². The Morgan fingerprint density at radius 2 is 1.80 bits per heavy atom. The van der Waals surface area contributed by atoms with E-state index in [1.165, 1.54) is 12.1 Å². The predicted octanol–water partition coefficient (Wildman–Crippen LogP) is 0.507. The average Bonchev–Trinajstić information content (AvgIpc) is 1.88. The second-order valence-corrected chi connectivity index (χ2v) is 2.74. The van der Waals surface area contributed by atoms with Crippen molar-refractivity contribution in [3.8, 4) is 0 Å². The third kappa shape index (κ3) is 1.55. The highest BCUT2D eigenvalue weighted by atomic mass is 32.2. The summed E-state index contributed by atoms with van der Waals surface area (Å²) in [6.45, 7) is 0. The van der Waals surface area contributed by atoms with Gasteiger partial charge in [-0.3, -0.25) is 4.21 Å². The van der Waals surface area contributed by atoms with Crippen LogP contribution in [-0.2, 0) is 11.1 Å². The highest BCUT2D eigenvalue weighted by Gasteiger charge is 1.88. The second kappa shape index (κ2) is 2.81. The van der Waals surface area contributed by atoms with E-state index >= 15 is 0 Å². The quantitative estimate of drug-likeness (QED) is 0.475. The summed E-state index contributed by atoms with van der Waals surface area (Å²) in [6, 6.07) is 6.01. The number of nitrogen functional groups attached to an aromatic ring is 1. The summed E-state index contributed by atoms with van der Waals surface area (Å²) in [4.78, 5) is 0.259. The SMILES string of the molecule is Nc1ccc(S(=O)[O-])cc1. The standard InChI is InChI=1S/C6H7NO2S/c7-5-1-3-6(4-2-5)10(8)9/h1-4H,7H2,(H,8,9)/p-1. The third-order valence-electron chi connectivity index (χ3n) is 1.07. The molecule has 10 heavy (non-hydrogen) atoms. The normalized spacial score (nSPS) is 12.9. The van der Waals surface area contributed by atoms with Crippen molar-refractivity contribution in [2.45, 2.75) is 4.90 Å². The first-order valence-electron chi connectivity index (χ1n) is 2.65. The fourth-order valence-electron chi connectivity index (χ4n) is 0.579. The molecule has 0 aromatic heterocycles. The van der Waals surface area contributed by atoms with E-state index in [0.29, 0.717) is 5.69 Å². The number of hydrogen-bond acceptors (Lipinski definition) is 3. The zero-order chi connectivity index (χ0) is 7.56. The van der Waals surface area contributed by atoms with Gasteiger partial charge in [0.15, 0.2) is 0 Å². The van der Waals surface area contributed by atoms with Crippen LogP contribution in [0, 0.1) is 0 Å². The molecule has 0 radical (unpaired) electrons. The van der Waals surface area contributed by atoms with Crippen molar-refractivity contribution in [1.82, 2.24) is 0 Å². The first-order valence-corrected chi connectivity index (χ1v) is 3.72. The summed E-state index contributed by atoms with van der Waals surface area (Å²) in [5.74, 6) is 0. The van der Waals surface area contributed by atoms with Crippen molar-refractivity contribution in [3.63, 3.8) is 0 Å². The molecule has 1 aromatic carbocycles. The van der Waals surface area contributed by atoms with Gasteiger partial charge in [0.05, 0.1) is 0 Å². The van der Waals surface area contributed by atoms with Crippen molar-refractivity contribution in [2.24, 2.45) is 0 Å². The van der Waals surface area contributed by atoms with E-state index in [1.54, 1.807) is 12.1 Å². The fourth-order valence-corrected chi connectivity index (χ4v) is 0.937. The maximum atomic E-state index is 10.3. The summed E-state index contributed by atoms with van der Waals surface area (Å²) >= 11 is -2.14. The summed E-state index contributed by atoms with van der Waals surface area (Å²) in [5.41, 5.74) is 5.89. The van der Waals surface area contributed by atoms with E-state index in [4.69, 9.17) is 5.73 Å². The highest BCUT2D eigenvalue weighted by Crippen LogP contribution is 2.07. The van der Waals surface area contributed by atoms with Crippen LogP contribution in [0.1, 0.15) is 0 Å². The molecule has 4 heteroatoms. The molecule has 0 heterocycles. The Morgan fingerprint density at radius 3 is 2.20 bits per heavy atom. The molecule has 0 aliphatic heterocycles. The molecule has 0 fully saturated rings. The summed E-state index contributed by atoms with van der Waals surface area (Å²) < 4.78 is 20.5. The maximum Gasteiger partial charge on any atom is 0.0314 e. The van der Waals surface area contributed by atoms with Crippen LogP contribution in [0.3, 0.4) is 0 Å². The number of hydrogen-bond donors (Lipinski definition) is 1. The Bertz CT molecular complexity index is 244. The molecule has 54 valence electrons. The molecule has 2 N–H and O–H groups in total. The van der Waals surface area contributed by atoms with Crippen molar-refractivity contribution in [1.29, 1.82) is 0 Å². The monoisotopic (exact) mass is 156 g/mol. The molecule has 0 bridgehead atoms. The lowest BCUT2D eigenvalue weighted by Gasteiger charge is -2.03. The molecule has 1 atom stereocenters. The van der Waals surface area contributed by atoms with Gasteiger partial charge in [-0.05, 0) is 35.3 Å². The van der Waals surface area contributed by atoms with Gasteiger partial charge in [0.25, 0.3) is 0 Å². The number of nitrogens with two attached hydrogens (primary N) is 1. The van der Waals surface area contributed by atoms with E-state index in [1.807, 2.05) is 0 Å². The molecule has 1 unspecified atom stereocenters. The van der Waals surface area contributed by atoms with E-state index in [9.17, 15) is 8.76 Å².